The summed E-state index contributed by atoms with van der Waals surface area (Å²) in [5.74, 6) is -0.137. The van der Waals surface area contributed by atoms with E-state index in [1.54, 1.807) is 13.2 Å². The van der Waals surface area contributed by atoms with Gasteiger partial charge in [0.1, 0.15) is 35.9 Å². The molecule has 0 radical (unpaired) electrons. The van der Waals surface area contributed by atoms with Gasteiger partial charge in [-0.2, -0.15) is 3.89 Å². The van der Waals surface area contributed by atoms with Crippen molar-refractivity contribution in [3.8, 4) is 0 Å². The summed E-state index contributed by atoms with van der Waals surface area (Å²) in [6.45, 7) is 5.31. The summed E-state index contributed by atoms with van der Waals surface area (Å²) in [5.41, 5.74) is 0.495. The molecule has 216 valence electrons. The Kier molecular flexibility index (Phi) is 12.9. The average molecular weight is 596 g/mol. The maximum Gasteiger partial charge on any atom is 0.240 e. The molecular formula is C25H39ClFN3O6S2. The predicted octanol–water partition coefficient (Wildman–Crippen LogP) is 0.992. The van der Waals surface area contributed by atoms with Crippen LogP contribution in [-0.2, 0) is 20.8 Å². The summed E-state index contributed by atoms with van der Waals surface area (Å²) in [5, 5.41) is 36.7. The van der Waals surface area contributed by atoms with Crippen LogP contribution < -0.4 is 10.6 Å². The Morgan fingerprint density at radius 3 is 2.55 bits per heavy atom. The molecule has 10 atom stereocenters. The summed E-state index contributed by atoms with van der Waals surface area (Å²) in [6, 6.07) is 8.95. The fourth-order valence-corrected chi connectivity index (χ4v) is 6.11. The minimum Gasteiger partial charge on any atom is -0.388 e. The topological polar surface area (TPSA) is 124 Å². The summed E-state index contributed by atoms with van der Waals surface area (Å²) < 4.78 is 22.2. The zero-order valence-electron chi connectivity index (χ0n) is 21.8. The van der Waals surface area contributed by atoms with Crippen LogP contribution in [0.5, 0.6) is 0 Å². The van der Waals surface area contributed by atoms with E-state index < -0.39 is 47.3 Å². The number of nitrogens with one attached hydrogen (secondary N) is 2. The number of alkyl halides is 1. The number of hydrogen-bond acceptors (Lipinski definition) is 10. The fourth-order valence-electron chi connectivity index (χ4n) is 5.23. The molecule has 3 aliphatic rings. The minimum atomic E-state index is -1.41. The molecule has 5 N–H and O–H groups in total. The zero-order chi connectivity index (χ0) is 27.8. The molecule has 1 aromatic carbocycles. The van der Waals surface area contributed by atoms with Crippen molar-refractivity contribution in [3.05, 3.63) is 35.9 Å². The van der Waals surface area contributed by atoms with Crippen molar-refractivity contribution in [1.29, 1.82) is 0 Å². The summed E-state index contributed by atoms with van der Waals surface area (Å²) in [7, 11) is 0. The van der Waals surface area contributed by atoms with Crippen LogP contribution in [0.2, 0.25) is 0 Å². The van der Waals surface area contributed by atoms with Crippen molar-refractivity contribution in [2.45, 2.75) is 66.9 Å². The van der Waals surface area contributed by atoms with E-state index in [9.17, 15) is 24.0 Å². The minimum absolute atomic E-state index is 0.151. The average Bonchev–Trinajstić information content (AvgIpc) is 3.18. The van der Waals surface area contributed by atoms with E-state index in [1.807, 2.05) is 18.2 Å². The Morgan fingerprint density at radius 2 is 1.92 bits per heavy atom. The van der Waals surface area contributed by atoms with Gasteiger partial charge in [-0.3, -0.25) is 9.69 Å². The highest BCUT2D eigenvalue weighted by molar-refractivity contribution is 7.99. The standard InChI is InChI=1S/C24H36ClN3O6S.CH3FS/c1-13(25)16(22-19(30)18(29)20(31)24(34-22)35-2)27-23(32)17-21-15(10-26-17)12-28(8-9-33-21)11-14-6-4-3-5-7-14;1-3-2/h3-7,13,15-22,24,26,29-31H,8-12H2,1-2H3,(H,27,32);1H3/t13-,15+,16+,17-,18+,19?,20+,21+,22+,24?;/m0./s1. The number of nitrogens with zero attached hydrogens (tertiary/aromatic N) is 1. The summed E-state index contributed by atoms with van der Waals surface area (Å²) in [4.78, 5) is 15.7. The number of rotatable bonds is 7. The molecular weight excluding hydrogens is 557 g/mol. The molecule has 9 nitrogen and oxygen atoms in total. The molecule has 3 heterocycles. The molecule has 3 aliphatic heterocycles. The van der Waals surface area contributed by atoms with E-state index in [0.717, 1.165) is 19.6 Å². The van der Waals surface area contributed by atoms with Crippen LogP contribution in [-0.4, -0.2) is 118 Å². The molecule has 1 aromatic rings. The number of benzene rings is 1. The first-order chi connectivity index (χ1) is 18.2. The monoisotopic (exact) mass is 595 g/mol. The summed E-state index contributed by atoms with van der Waals surface area (Å²) in [6.07, 6.45) is -2.20. The van der Waals surface area contributed by atoms with Crippen LogP contribution in [0.1, 0.15) is 12.5 Å². The molecule has 0 aliphatic carbocycles. The number of aliphatic hydroxyl groups is 3. The first kappa shape index (κ1) is 31.9. The normalized spacial score (nSPS) is 35.3. The van der Waals surface area contributed by atoms with E-state index in [-0.39, 0.29) is 30.1 Å². The van der Waals surface area contributed by atoms with Crippen LogP contribution in [0.4, 0.5) is 3.89 Å². The van der Waals surface area contributed by atoms with Crippen molar-refractivity contribution in [1.82, 2.24) is 15.5 Å². The highest BCUT2D eigenvalue weighted by atomic mass is 35.5. The zero-order valence-corrected chi connectivity index (χ0v) is 24.2. The first-order valence-corrected chi connectivity index (χ1v) is 15.5. The number of amides is 1. The summed E-state index contributed by atoms with van der Waals surface area (Å²) >= 11 is 7.88. The van der Waals surface area contributed by atoms with Gasteiger partial charge in [0.05, 0.1) is 24.1 Å². The van der Waals surface area contributed by atoms with Crippen LogP contribution >= 0.6 is 35.5 Å². The molecule has 3 fully saturated rings. The van der Waals surface area contributed by atoms with Crippen LogP contribution in [0.3, 0.4) is 0 Å². The van der Waals surface area contributed by atoms with Gasteiger partial charge in [-0.25, -0.2) is 0 Å². The molecule has 13 heteroatoms. The number of hydrogen-bond donors (Lipinski definition) is 5. The van der Waals surface area contributed by atoms with Crippen molar-refractivity contribution in [3.63, 3.8) is 0 Å². The lowest BCUT2D eigenvalue weighted by atomic mass is 9.92. The van der Waals surface area contributed by atoms with E-state index >= 15 is 0 Å². The maximum absolute atomic E-state index is 13.4. The van der Waals surface area contributed by atoms with Crippen LogP contribution in [0.25, 0.3) is 0 Å². The SMILES string of the molecule is CSC1O[C@H]([C@H](NC(=O)[C@H]2NC[C@@H]3CN(Cc4ccccc4)CCO[C@H]32)[C@H](C)Cl)C(O)[C@@H](O)[C@H]1O.CSF. The third kappa shape index (κ3) is 7.96. The number of thioether (sulfide) groups is 1. The number of aliphatic hydroxyl groups excluding tert-OH is 3. The Morgan fingerprint density at radius 1 is 1.24 bits per heavy atom. The van der Waals surface area contributed by atoms with Crippen molar-refractivity contribution in [2.24, 2.45) is 5.92 Å². The Bertz CT molecular complexity index is 864. The quantitative estimate of drug-likeness (QED) is 0.292. The van der Waals surface area contributed by atoms with Crippen LogP contribution in [0.15, 0.2) is 30.3 Å². The predicted molar refractivity (Wildman–Crippen MR) is 149 cm³/mol. The van der Waals surface area contributed by atoms with Crippen molar-refractivity contribution < 1.29 is 33.5 Å². The van der Waals surface area contributed by atoms with E-state index in [4.69, 9.17) is 21.1 Å². The van der Waals surface area contributed by atoms with Gasteiger partial charge < -0.3 is 35.4 Å². The van der Waals surface area contributed by atoms with E-state index in [1.165, 1.54) is 23.6 Å². The number of ether oxygens (including phenoxy) is 2. The van der Waals surface area contributed by atoms with Gasteiger partial charge in [0.15, 0.2) is 0 Å². The Hall–Kier alpha value is -0.670. The number of carbonyl (C=O) groups excluding carboxylic acids is 1. The molecule has 0 aromatic heterocycles. The number of halogens is 2. The van der Waals surface area contributed by atoms with Gasteiger partial charge in [0.25, 0.3) is 0 Å². The maximum atomic E-state index is 13.4. The largest absolute Gasteiger partial charge is 0.388 e. The van der Waals surface area contributed by atoms with Gasteiger partial charge >= 0.3 is 0 Å². The van der Waals surface area contributed by atoms with Gasteiger partial charge in [0, 0.05) is 50.5 Å². The molecule has 1 amide bonds. The van der Waals surface area contributed by atoms with Gasteiger partial charge in [-0.15, -0.1) is 23.4 Å². The molecule has 38 heavy (non-hydrogen) atoms. The molecule has 4 rings (SSSR count). The lowest BCUT2D eigenvalue weighted by Crippen LogP contribution is -2.65. The molecule has 2 unspecified atom stereocenters. The first-order valence-electron chi connectivity index (χ1n) is 12.6. The van der Waals surface area contributed by atoms with Gasteiger partial charge in [0.2, 0.25) is 5.91 Å². The smallest absolute Gasteiger partial charge is 0.240 e. The van der Waals surface area contributed by atoms with Crippen molar-refractivity contribution >= 4 is 41.4 Å². The fraction of sp³-hybridized carbons (Fsp3) is 0.720. The highest BCUT2D eigenvalue weighted by Gasteiger charge is 2.49. The second kappa shape index (κ2) is 15.4. The highest BCUT2D eigenvalue weighted by Crippen LogP contribution is 2.31. The van der Waals surface area contributed by atoms with E-state index in [0.29, 0.717) is 13.2 Å². The Balaban J connectivity index is 0.00000127. The second-order valence-electron chi connectivity index (χ2n) is 9.74. The third-order valence-corrected chi connectivity index (χ3v) is 8.26. The van der Waals surface area contributed by atoms with Gasteiger partial charge in [-0.05, 0) is 18.7 Å². The van der Waals surface area contributed by atoms with Crippen LogP contribution in [0, 0.1) is 5.92 Å². The second-order valence-corrected chi connectivity index (χ2v) is 11.7. The molecule has 0 bridgehead atoms. The third-order valence-electron chi connectivity index (χ3n) is 7.13. The number of fused-ring (bicyclic) bond motifs is 1. The number of carbonyl (C=O) groups is 1. The van der Waals surface area contributed by atoms with Gasteiger partial charge in [-0.1, -0.05) is 30.3 Å². The molecule has 0 spiro atoms. The molecule has 0 saturated carbocycles. The lowest BCUT2D eigenvalue weighted by Gasteiger charge is -2.44. The molecule has 3 saturated heterocycles. The van der Waals surface area contributed by atoms with Crippen molar-refractivity contribution in [2.75, 3.05) is 38.8 Å². The van der Waals surface area contributed by atoms with E-state index in [2.05, 4.69) is 27.7 Å². The Labute approximate surface area is 237 Å². The lowest BCUT2D eigenvalue weighted by molar-refractivity contribution is -0.205.